The first-order valence-corrected chi connectivity index (χ1v) is 19.3. The molecule has 5 aromatic rings. The van der Waals surface area contributed by atoms with E-state index >= 15 is 0 Å². The van der Waals surface area contributed by atoms with E-state index in [4.69, 9.17) is 0 Å². The number of rotatable bonds is 6. The molecule has 10 rings (SSSR count). The molecule has 1 fully saturated rings. The number of fused-ring (bicyclic) bond motifs is 5. The summed E-state index contributed by atoms with van der Waals surface area (Å²) in [5.74, 6) is 0. The Bertz CT molecular complexity index is 2320. The highest BCUT2D eigenvalue weighted by atomic mass is 15.2. The standard InChI is InChI=1S/C51H44N2/c1-51(2)47-19-11-9-17-43(47)44-31-29-41(33-48(44)51)53-49-20-12-10-18-45(49)46-32-30-42(34-50(46)53)52(39-25-21-37(22-26-39)35-13-5-3-6-14-35)40-27-23-38(24-28-40)36-15-7-4-8-16-36/h3-19,21-28,30,32-33,49-50H,20,29,31,34H2,1-2H3. The minimum absolute atomic E-state index is 0.00732. The smallest absolute Gasteiger partial charge is 0.0604 e. The first-order valence-electron chi connectivity index (χ1n) is 19.3. The Balaban J connectivity index is 1.04. The third-order valence-corrected chi connectivity index (χ3v) is 12.3. The van der Waals surface area contributed by atoms with Crippen molar-refractivity contribution < 1.29 is 0 Å². The van der Waals surface area contributed by atoms with E-state index in [0.717, 1.165) is 25.7 Å². The number of nitrogens with zero attached hydrogens (tertiary/aromatic N) is 2. The van der Waals surface area contributed by atoms with Crippen LogP contribution >= 0.6 is 0 Å². The molecule has 2 heteroatoms. The van der Waals surface area contributed by atoms with Gasteiger partial charge in [-0.1, -0.05) is 147 Å². The van der Waals surface area contributed by atoms with Crippen molar-refractivity contribution in [1.82, 2.24) is 4.90 Å². The first-order chi connectivity index (χ1) is 26.0. The van der Waals surface area contributed by atoms with Gasteiger partial charge >= 0.3 is 0 Å². The van der Waals surface area contributed by atoms with E-state index in [0.29, 0.717) is 6.04 Å². The Hall–Kier alpha value is -5.86. The van der Waals surface area contributed by atoms with Crippen LogP contribution in [0.25, 0.3) is 27.8 Å². The van der Waals surface area contributed by atoms with Crippen molar-refractivity contribution in [2.75, 3.05) is 4.90 Å². The van der Waals surface area contributed by atoms with Crippen LogP contribution in [-0.4, -0.2) is 17.0 Å². The van der Waals surface area contributed by atoms with Gasteiger partial charge in [-0.25, -0.2) is 0 Å². The molecule has 258 valence electrons. The highest BCUT2D eigenvalue weighted by molar-refractivity contribution is 5.84. The normalized spacial score (nSPS) is 20.8. The number of allylic oxidation sites excluding steroid dienone is 8. The summed E-state index contributed by atoms with van der Waals surface area (Å²) < 4.78 is 0. The van der Waals surface area contributed by atoms with Crippen LogP contribution in [0.15, 0.2) is 198 Å². The Kier molecular flexibility index (Phi) is 7.61. The topological polar surface area (TPSA) is 6.48 Å². The maximum Gasteiger partial charge on any atom is 0.0604 e. The van der Waals surface area contributed by atoms with Crippen molar-refractivity contribution in [1.29, 1.82) is 0 Å². The van der Waals surface area contributed by atoms with Gasteiger partial charge in [0.25, 0.3) is 0 Å². The van der Waals surface area contributed by atoms with Gasteiger partial charge in [-0.05, 0) is 111 Å². The molecule has 0 saturated carbocycles. The molecule has 2 unspecified atom stereocenters. The molecule has 5 aromatic carbocycles. The van der Waals surface area contributed by atoms with Crippen molar-refractivity contribution in [3.05, 3.63) is 209 Å². The highest BCUT2D eigenvalue weighted by Crippen LogP contribution is 2.54. The molecule has 0 radical (unpaired) electrons. The predicted molar refractivity (Wildman–Crippen MR) is 222 cm³/mol. The fourth-order valence-corrected chi connectivity index (χ4v) is 9.70. The van der Waals surface area contributed by atoms with Gasteiger partial charge in [-0.2, -0.15) is 0 Å². The molecule has 1 heterocycles. The fourth-order valence-electron chi connectivity index (χ4n) is 9.70. The average molecular weight is 685 g/mol. The van der Waals surface area contributed by atoms with Gasteiger partial charge < -0.3 is 9.80 Å². The zero-order valence-electron chi connectivity index (χ0n) is 30.5. The van der Waals surface area contributed by atoms with Crippen LogP contribution in [0, 0.1) is 0 Å². The Labute approximate surface area is 314 Å². The lowest BCUT2D eigenvalue weighted by molar-refractivity contribution is 0.258. The van der Waals surface area contributed by atoms with Gasteiger partial charge in [-0.3, -0.25) is 0 Å². The Morgan fingerprint density at radius 1 is 0.585 bits per heavy atom. The average Bonchev–Trinajstić information content (AvgIpc) is 3.67. The zero-order valence-corrected chi connectivity index (χ0v) is 30.5. The van der Waals surface area contributed by atoms with Gasteiger partial charge in [0.15, 0.2) is 0 Å². The van der Waals surface area contributed by atoms with Crippen molar-refractivity contribution in [3.63, 3.8) is 0 Å². The van der Waals surface area contributed by atoms with Crippen molar-refractivity contribution in [3.8, 4) is 22.3 Å². The van der Waals surface area contributed by atoms with Crippen molar-refractivity contribution >= 4 is 16.9 Å². The molecule has 2 nitrogen and oxygen atoms in total. The van der Waals surface area contributed by atoms with Gasteiger partial charge in [0.2, 0.25) is 0 Å². The lowest BCUT2D eigenvalue weighted by Crippen LogP contribution is -2.38. The summed E-state index contributed by atoms with van der Waals surface area (Å²) in [5, 5.41) is 0. The second kappa shape index (κ2) is 12.7. The van der Waals surface area contributed by atoms with Crippen molar-refractivity contribution in [2.24, 2.45) is 0 Å². The molecule has 4 aliphatic carbocycles. The molecule has 0 amide bonds. The third-order valence-electron chi connectivity index (χ3n) is 12.3. The van der Waals surface area contributed by atoms with Crippen LogP contribution in [0.3, 0.4) is 0 Å². The number of hydrogen-bond acceptors (Lipinski definition) is 2. The highest BCUT2D eigenvalue weighted by Gasteiger charge is 2.46. The largest absolute Gasteiger partial charge is 0.360 e. The van der Waals surface area contributed by atoms with Crippen LogP contribution in [0.1, 0.15) is 50.7 Å². The minimum Gasteiger partial charge on any atom is -0.360 e. The summed E-state index contributed by atoms with van der Waals surface area (Å²) in [5.41, 5.74) is 19.1. The molecule has 0 N–H and O–H groups in total. The molecule has 5 aliphatic rings. The molecule has 0 bridgehead atoms. The maximum absolute atomic E-state index is 2.83. The first kappa shape index (κ1) is 31.8. The SMILES string of the molecule is CC1(C)C2=C(CCC(N3C4CC=CC=C4C4=CC=C(N(c5ccc(-c6ccccc6)cc5)c5ccc(-c6ccccc6)cc5)CC43)=C2)c2ccccc21. The van der Waals surface area contributed by atoms with E-state index in [1.165, 1.54) is 72.9 Å². The Morgan fingerprint density at radius 2 is 1.17 bits per heavy atom. The summed E-state index contributed by atoms with van der Waals surface area (Å²) in [6, 6.07) is 49.4. The van der Waals surface area contributed by atoms with Crippen LogP contribution in [0.4, 0.5) is 11.4 Å². The fraction of sp³-hybridized carbons (Fsp3) is 0.176. The van der Waals surface area contributed by atoms with E-state index in [2.05, 4.69) is 194 Å². The van der Waals surface area contributed by atoms with Crippen LogP contribution in [-0.2, 0) is 5.41 Å². The molecule has 53 heavy (non-hydrogen) atoms. The summed E-state index contributed by atoms with van der Waals surface area (Å²) in [7, 11) is 0. The number of likely N-dealkylation sites (tertiary alicyclic amines) is 1. The lowest BCUT2D eigenvalue weighted by atomic mass is 9.79. The second-order valence-electron chi connectivity index (χ2n) is 15.6. The number of benzene rings is 5. The van der Waals surface area contributed by atoms with Crippen LogP contribution in [0.5, 0.6) is 0 Å². The third kappa shape index (κ3) is 5.31. The van der Waals surface area contributed by atoms with E-state index < -0.39 is 0 Å². The molecule has 2 atom stereocenters. The van der Waals surface area contributed by atoms with E-state index in [-0.39, 0.29) is 11.5 Å². The second-order valence-corrected chi connectivity index (χ2v) is 15.6. The van der Waals surface area contributed by atoms with E-state index in [9.17, 15) is 0 Å². The predicted octanol–water partition coefficient (Wildman–Crippen LogP) is 12.7. The maximum atomic E-state index is 2.83. The summed E-state index contributed by atoms with van der Waals surface area (Å²) >= 11 is 0. The van der Waals surface area contributed by atoms with Gasteiger partial charge in [-0.15, -0.1) is 0 Å². The lowest BCUT2D eigenvalue weighted by Gasteiger charge is -2.39. The molecular formula is C51H44N2. The summed E-state index contributed by atoms with van der Waals surface area (Å²) in [4.78, 5) is 5.32. The molecular weight excluding hydrogens is 641 g/mol. The molecule has 0 spiro atoms. The minimum atomic E-state index is 0.00732. The molecule has 1 saturated heterocycles. The monoisotopic (exact) mass is 684 g/mol. The zero-order chi connectivity index (χ0) is 35.5. The summed E-state index contributed by atoms with van der Waals surface area (Å²) in [6.45, 7) is 4.84. The van der Waals surface area contributed by atoms with Gasteiger partial charge in [0.05, 0.1) is 12.1 Å². The van der Waals surface area contributed by atoms with E-state index in [1.807, 2.05) is 0 Å². The number of hydrogen-bond donors (Lipinski definition) is 0. The van der Waals surface area contributed by atoms with Crippen LogP contribution in [0.2, 0.25) is 0 Å². The van der Waals surface area contributed by atoms with Gasteiger partial charge in [0.1, 0.15) is 0 Å². The number of anilines is 2. The van der Waals surface area contributed by atoms with Gasteiger partial charge in [0, 0.05) is 34.6 Å². The summed E-state index contributed by atoms with van der Waals surface area (Å²) in [6.07, 6.45) is 18.6. The molecule has 0 aromatic heterocycles. The Morgan fingerprint density at radius 3 is 1.83 bits per heavy atom. The quantitative estimate of drug-likeness (QED) is 0.176. The molecule has 1 aliphatic heterocycles. The van der Waals surface area contributed by atoms with Crippen LogP contribution < -0.4 is 4.90 Å². The van der Waals surface area contributed by atoms with E-state index in [1.54, 1.807) is 5.57 Å². The van der Waals surface area contributed by atoms with Crippen molar-refractivity contribution in [2.45, 2.75) is 57.0 Å².